The molecule has 4 aromatic rings. The van der Waals surface area contributed by atoms with Gasteiger partial charge in [-0.15, -0.1) is 11.3 Å². The number of aromatic amines is 1. The van der Waals surface area contributed by atoms with Gasteiger partial charge in [0.25, 0.3) is 11.5 Å². The fraction of sp³-hybridized carbons (Fsp3) is 0.100. The van der Waals surface area contributed by atoms with E-state index in [1.165, 1.54) is 0 Å². The number of fused-ring (bicyclic) bond motifs is 1. The maximum absolute atomic E-state index is 12.8. The second-order valence-corrected chi connectivity index (χ2v) is 8.41. The lowest BCUT2D eigenvalue weighted by Gasteiger charge is -2.10. The molecule has 140 valence electrons. The Morgan fingerprint density at radius 1 is 1.14 bits per heavy atom. The molecule has 2 aromatic carbocycles. The molecule has 0 bridgehead atoms. The van der Waals surface area contributed by atoms with Crippen molar-refractivity contribution in [1.82, 2.24) is 15.2 Å². The second-order valence-electron chi connectivity index (χ2n) is 6.23. The number of carbonyl (C=O) groups is 1. The van der Waals surface area contributed by atoms with Crippen molar-refractivity contribution in [1.29, 1.82) is 0 Å². The zero-order valence-corrected chi connectivity index (χ0v) is 16.8. The van der Waals surface area contributed by atoms with Gasteiger partial charge in [-0.25, -0.2) is 10.1 Å². The van der Waals surface area contributed by atoms with Crippen LogP contribution in [0.2, 0.25) is 0 Å². The third-order valence-electron chi connectivity index (χ3n) is 4.16. The van der Waals surface area contributed by atoms with Gasteiger partial charge in [-0.2, -0.15) is 5.10 Å². The summed E-state index contributed by atoms with van der Waals surface area (Å²) in [7, 11) is 0. The molecule has 0 radical (unpaired) electrons. The number of amides is 1. The van der Waals surface area contributed by atoms with E-state index < -0.39 is 0 Å². The number of anilines is 1. The maximum atomic E-state index is 12.8. The van der Waals surface area contributed by atoms with Crippen molar-refractivity contribution in [2.75, 3.05) is 5.32 Å². The Labute approximate surface area is 169 Å². The van der Waals surface area contributed by atoms with Gasteiger partial charge in [0, 0.05) is 27.0 Å². The van der Waals surface area contributed by atoms with Crippen molar-refractivity contribution in [3.8, 4) is 0 Å². The molecule has 28 heavy (non-hydrogen) atoms. The SMILES string of the molecule is Cc1csc(Sc2ccc(NC(=O)c3n[nH]c(=O)c4ccccc34)c(C)c2)n1. The summed E-state index contributed by atoms with van der Waals surface area (Å²) in [6.07, 6.45) is 0. The quantitative estimate of drug-likeness (QED) is 0.523. The number of rotatable bonds is 4. The van der Waals surface area contributed by atoms with Crippen molar-refractivity contribution >= 4 is 45.5 Å². The molecule has 0 aliphatic carbocycles. The van der Waals surface area contributed by atoms with Crippen LogP contribution in [0.5, 0.6) is 0 Å². The number of carbonyl (C=O) groups excluding carboxylic acids is 1. The van der Waals surface area contributed by atoms with Gasteiger partial charge in [0.1, 0.15) is 0 Å². The van der Waals surface area contributed by atoms with Crippen LogP contribution < -0.4 is 10.9 Å². The molecule has 0 spiro atoms. The number of aryl methyl sites for hydroxylation is 2. The van der Waals surface area contributed by atoms with Crippen LogP contribution in [-0.2, 0) is 0 Å². The largest absolute Gasteiger partial charge is 0.320 e. The zero-order valence-electron chi connectivity index (χ0n) is 15.1. The number of benzene rings is 2. The van der Waals surface area contributed by atoms with Crippen molar-refractivity contribution < 1.29 is 4.79 Å². The molecule has 2 N–H and O–H groups in total. The van der Waals surface area contributed by atoms with E-state index in [0.717, 1.165) is 20.5 Å². The number of H-pyrrole nitrogens is 1. The molecule has 6 nitrogen and oxygen atoms in total. The summed E-state index contributed by atoms with van der Waals surface area (Å²) in [5.41, 5.74) is 2.50. The monoisotopic (exact) mass is 408 g/mol. The summed E-state index contributed by atoms with van der Waals surface area (Å²) < 4.78 is 0.984. The van der Waals surface area contributed by atoms with Crippen LogP contribution in [0.25, 0.3) is 10.8 Å². The molecule has 1 amide bonds. The lowest BCUT2D eigenvalue weighted by molar-refractivity contribution is 0.102. The predicted octanol–water partition coefficient (Wildman–Crippen LogP) is 4.40. The highest BCUT2D eigenvalue weighted by Gasteiger charge is 2.15. The minimum atomic E-state index is -0.369. The molecule has 4 rings (SSSR count). The first-order valence-electron chi connectivity index (χ1n) is 8.50. The first kappa shape index (κ1) is 18.4. The molecule has 0 unspecified atom stereocenters. The lowest BCUT2D eigenvalue weighted by Crippen LogP contribution is -2.19. The van der Waals surface area contributed by atoms with Gasteiger partial charge in [-0.1, -0.05) is 30.0 Å². The highest BCUT2D eigenvalue weighted by molar-refractivity contribution is 8.01. The van der Waals surface area contributed by atoms with Gasteiger partial charge < -0.3 is 5.32 Å². The first-order chi connectivity index (χ1) is 13.5. The van der Waals surface area contributed by atoms with Crippen LogP contribution in [0.3, 0.4) is 0 Å². The van der Waals surface area contributed by atoms with Crippen LogP contribution >= 0.6 is 23.1 Å². The van der Waals surface area contributed by atoms with Crippen LogP contribution in [-0.4, -0.2) is 21.1 Å². The van der Waals surface area contributed by atoms with Gasteiger partial charge in [-0.3, -0.25) is 9.59 Å². The summed E-state index contributed by atoms with van der Waals surface area (Å²) in [6, 6.07) is 12.7. The Morgan fingerprint density at radius 3 is 2.64 bits per heavy atom. The van der Waals surface area contributed by atoms with Gasteiger partial charge >= 0.3 is 0 Å². The molecule has 2 heterocycles. The van der Waals surface area contributed by atoms with E-state index in [1.807, 2.05) is 37.4 Å². The third-order valence-corrected chi connectivity index (χ3v) is 6.21. The van der Waals surface area contributed by atoms with E-state index in [9.17, 15) is 9.59 Å². The Hall–Kier alpha value is -2.97. The summed E-state index contributed by atoms with van der Waals surface area (Å²) in [5.74, 6) is -0.369. The standard InChI is InChI=1S/C20H16N4O2S2/c1-11-9-13(28-20-21-12(2)10-27-20)7-8-16(11)22-19(26)17-14-5-3-4-6-15(14)18(25)24-23-17/h3-10H,1-2H3,(H,22,26)(H,24,25). The van der Waals surface area contributed by atoms with Gasteiger partial charge in [-0.05, 0) is 43.7 Å². The summed E-state index contributed by atoms with van der Waals surface area (Å²) in [4.78, 5) is 30.2. The second kappa shape index (κ2) is 7.57. The zero-order chi connectivity index (χ0) is 19.7. The fourth-order valence-electron chi connectivity index (χ4n) is 2.79. The molecular formula is C20H16N4O2S2. The maximum Gasteiger partial charge on any atom is 0.276 e. The van der Waals surface area contributed by atoms with E-state index in [0.29, 0.717) is 16.5 Å². The Kier molecular flexibility index (Phi) is 4.97. The topological polar surface area (TPSA) is 87.7 Å². The van der Waals surface area contributed by atoms with Gasteiger partial charge in [0.15, 0.2) is 10.0 Å². The third kappa shape index (κ3) is 3.69. The Bertz CT molecular complexity index is 1250. The average Bonchev–Trinajstić information content (AvgIpc) is 3.09. The fourth-order valence-corrected chi connectivity index (χ4v) is 4.70. The summed E-state index contributed by atoms with van der Waals surface area (Å²) in [6.45, 7) is 3.91. The Morgan fingerprint density at radius 2 is 1.93 bits per heavy atom. The van der Waals surface area contributed by atoms with Crippen LogP contribution in [0.15, 0.2) is 61.9 Å². The van der Waals surface area contributed by atoms with Crippen molar-refractivity contribution in [2.45, 2.75) is 23.1 Å². The Balaban J connectivity index is 1.58. The van der Waals surface area contributed by atoms with E-state index in [1.54, 1.807) is 47.4 Å². The van der Waals surface area contributed by atoms with Crippen LogP contribution in [0.1, 0.15) is 21.7 Å². The normalized spacial score (nSPS) is 10.9. The molecule has 0 fully saturated rings. The molecule has 0 aliphatic rings. The number of hydrogen-bond acceptors (Lipinski definition) is 6. The van der Waals surface area contributed by atoms with Crippen LogP contribution in [0, 0.1) is 13.8 Å². The number of nitrogens with one attached hydrogen (secondary N) is 2. The van der Waals surface area contributed by atoms with Crippen molar-refractivity contribution in [2.24, 2.45) is 0 Å². The van der Waals surface area contributed by atoms with Crippen molar-refractivity contribution in [3.05, 3.63) is 75.1 Å². The van der Waals surface area contributed by atoms with E-state index in [4.69, 9.17) is 0 Å². The minimum Gasteiger partial charge on any atom is -0.320 e. The first-order valence-corrected chi connectivity index (χ1v) is 10.2. The molecule has 0 saturated carbocycles. The van der Waals surface area contributed by atoms with E-state index in [-0.39, 0.29) is 17.2 Å². The smallest absolute Gasteiger partial charge is 0.276 e. The predicted molar refractivity (Wildman–Crippen MR) is 112 cm³/mol. The van der Waals surface area contributed by atoms with E-state index in [2.05, 4.69) is 20.5 Å². The number of nitrogens with zero attached hydrogens (tertiary/aromatic N) is 2. The van der Waals surface area contributed by atoms with Crippen molar-refractivity contribution in [3.63, 3.8) is 0 Å². The lowest BCUT2D eigenvalue weighted by atomic mass is 10.1. The number of aromatic nitrogens is 3. The molecule has 2 aromatic heterocycles. The van der Waals surface area contributed by atoms with Gasteiger partial charge in [0.2, 0.25) is 0 Å². The highest BCUT2D eigenvalue weighted by Crippen LogP contribution is 2.32. The number of hydrogen-bond donors (Lipinski definition) is 2. The van der Waals surface area contributed by atoms with E-state index >= 15 is 0 Å². The van der Waals surface area contributed by atoms with Crippen LogP contribution in [0.4, 0.5) is 5.69 Å². The van der Waals surface area contributed by atoms with Gasteiger partial charge in [0.05, 0.1) is 5.39 Å². The molecular weight excluding hydrogens is 392 g/mol. The average molecular weight is 409 g/mol. The molecule has 0 atom stereocenters. The molecule has 0 saturated heterocycles. The highest BCUT2D eigenvalue weighted by atomic mass is 32.2. The molecule has 8 heteroatoms. The summed E-state index contributed by atoms with van der Waals surface area (Å²) >= 11 is 3.20. The number of thiazole rings is 1. The summed E-state index contributed by atoms with van der Waals surface area (Å²) in [5, 5.41) is 12.2. The minimum absolute atomic E-state index is 0.186. The molecule has 0 aliphatic heterocycles.